The van der Waals surface area contributed by atoms with E-state index < -0.39 is 24.9 Å². The van der Waals surface area contributed by atoms with E-state index in [1.807, 2.05) is 42.2 Å². The summed E-state index contributed by atoms with van der Waals surface area (Å²) in [6.45, 7) is 5.12. The molecule has 2 aromatic heterocycles. The molecule has 2 atom stereocenters. The zero-order chi connectivity index (χ0) is 29.5. The number of fused-ring (bicyclic) bond motifs is 2. The first kappa shape index (κ1) is 28.2. The van der Waals surface area contributed by atoms with Gasteiger partial charge in [-0.1, -0.05) is 6.08 Å². The molecule has 2 N–H and O–H groups in total. The molecule has 2 fully saturated rings. The minimum Gasteiger partial charge on any atom is -0.370 e. The second-order valence-electron chi connectivity index (χ2n) is 11.1. The Balaban J connectivity index is 1.12. The lowest BCUT2D eigenvalue weighted by atomic mass is 9.96. The Morgan fingerprint density at radius 2 is 2.00 bits per heavy atom. The summed E-state index contributed by atoms with van der Waals surface area (Å²) in [7, 11) is 0. The zero-order valence-electron chi connectivity index (χ0n) is 23.2. The number of nitrogens with one attached hydrogen (secondary N) is 2. The van der Waals surface area contributed by atoms with Crippen molar-refractivity contribution in [2.75, 3.05) is 44.6 Å². The van der Waals surface area contributed by atoms with Gasteiger partial charge in [-0.2, -0.15) is 18.2 Å². The molecular weight excluding hydrogens is 551 g/mol. The molecule has 42 heavy (non-hydrogen) atoms. The van der Waals surface area contributed by atoms with Crippen LogP contribution in [0.15, 0.2) is 48.7 Å². The van der Waals surface area contributed by atoms with Crippen LogP contribution >= 0.6 is 0 Å². The number of hydrogen-bond acceptors (Lipinski definition) is 7. The van der Waals surface area contributed by atoms with Crippen LogP contribution in [0.3, 0.4) is 0 Å². The van der Waals surface area contributed by atoms with Crippen LogP contribution in [0.5, 0.6) is 0 Å². The molecule has 2 amide bonds. The van der Waals surface area contributed by atoms with E-state index in [9.17, 15) is 22.8 Å². The molecule has 0 unspecified atom stereocenters. The van der Waals surface area contributed by atoms with Crippen LogP contribution in [0.25, 0.3) is 11.2 Å². The zero-order valence-corrected chi connectivity index (χ0v) is 23.2. The molecule has 13 heteroatoms. The van der Waals surface area contributed by atoms with Gasteiger partial charge in [-0.05, 0) is 55.3 Å². The van der Waals surface area contributed by atoms with E-state index in [2.05, 4.69) is 20.7 Å². The smallest absolute Gasteiger partial charge is 0.370 e. The number of anilines is 2. The third kappa shape index (κ3) is 5.71. The molecule has 0 radical (unpaired) electrons. The molecule has 0 saturated carbocycles. The molecule has 1 aromatic carbocycles. The van der Waals surface area contributed by atoms with Crippen LogP contribution in [0.1, 0.15) is 42.1 Å². The number of carbonyl (C=O) groups excluding carboxylic acids is 2. The topological polar surface area (TPSA) is 104 Å². The van der Waals surface area contributed by atoms with Crippen molar-refractivity contribution < 1.29 is 27.5 Å². The number of morpholine rings is 1. The number of rotatable bonds is 6. The fourth-order valence-electron chi connectivity index (χ4n) is 5.90. The minimum absolute atomic E-state index is 0.00912. The van der Waals surface area contributed by atoms with Crippen LogP contribution in [-0.2, 0) is 9.53 Å². The molecule has 10 nitrogen and oxygen atoms in total. The quantitative estimate of drug-likeness (QED) is 0.457. The minimum atomic E-state index is -4.35. The van der Waals surface area contributed by atoms with Gasteiger partial charge in [0.1, 0.15) is 0 Å². The average Bonchev–Trinajstić information content (AvgIpc) is 3.58. The summed E-state index contributed by atoms with van der Waals surface area (Å²) >= 11 is 0. The van der Waals surface area contributed by atoms with Gasteiger partial charge in [0.15, 0.2) is 5.65 Å². The van der Waals surface area contributed by atoms with Crippen molar-refractivity contribution in [1.82, 2.24) is 29.7 Å². The monoisotopic (exact) mass is 583 g/mol. The summed E-state index contributed by atoms with van der Waals surface area (Å²) in [6.07, 6.45) is -1.86. The van der Waals surface area contributed by atoms with Crippen molar-refractivity contribution in [3.8, 4) is 0 Å². The van der Waals surface area contributed by atoms with E-state index in [0.29, 0.717) is 49.8 Å². The fraction of sp³-hybridized carbons (Fsp3) is 0.448. The summed E-state index contributed by atoms with van der Waals surface area (Å²) in [6, 6.07) is 11.0. The van der Waals surface area contributed by atoms with E-state index >= 15 is 0 Å². The number of ether oxygens (including phenoxy) is 1. The number of pyridine rings is 1. The second-order valence-corrected chi connectivity index (χ2v) is 11.1. The molecule has 3 aromatic rings. The number of hydrogen-bond donors (Lipinski definition) is 2. The number of halogens is 3. The molecule has 5 heterocycles. The van der Waals surface area contributed by atoms with Gasteiger partial charge in [0.05, 0.1) is 24.7 Å². The third-order valence-corrected chi connectivity index (χ3v) is 8.20. The van der Waals surface area contributed by atoms with Crippen LogP contribution < -0.4 is 10.6 Å². The Morgan fingerprint density at radius 3 is 2.74 bits per heavy atom. The van der Waals surface area contributed by atoms with E-state index in [1.165, 1.54) is 4.90 Å². The highest BCUT2D eigenvalue weighted by Gasteiger charge is 2.47. The van der Waals surface area contributed by atoms with Gasteiger partial charge < -0.3 is 25.2 Å². The number of aromatic nitrogens is 3. The van der Waals surface area contributed by atoms with Gasteiger partial charge in [-0.15, -0.1) is 5.10 Å². The van der Waals surface area contributed by atoms with E-state index in [1.54, 1.807) is 22.8 Å². The fourth-order valence-corrected chi connectivity index (χ4v) is 5.90. The summed E-state index contributed by atoms with van der Waals surface area (Å²) in [5.74, 6) is -0.147. The number of alkyl halides is 3. The van der Waals surface area contributed by atoms with Gasteiger partial charge >= 0.3 is 6.18 Å². The van der Waals surface area contributed by atoms with E-state index in [-0.39, 0.29) is 24.1 Å². The molecule has 3 aliphatic heterocycles. The molecule has 0 spiro atoms. The SMILES string of the molecule is C[C@@]12CNC[C@@H]1N(C(=O)c1ccc(Nc3nc4c(C5=CCN(C(=O)CCC(F)(F)F)CC5)cccn4n3)cc1)CCO2. The van der Waals surface area contributed by atoms with Crippen LogP contribution in [0.2, 0.25) is 0 Å². The second kappa shape index (κ2) is 11.0. The van der Waals surface area contributed by atoms with E-state index in [0.717, 1.165) is 23.4 Å². The Hall–Kier alpha value is -3.97. The summed E-state index contributed by atoms with van der Waals surface area (Å²) < 4.78 is 45.1. The number of carbonyl (C=O) groups is 2. The first-order valence-electron chi connectivity index (χ1n) is 14.0. The predicted octanol–water partition coefficient (Wildman–Crippen LogP) is 3.63. The van der Waals surface area contributed by atoms with Crippen molar-refractivity contribution in [3.63, 3.8) is 0 Å². The van der Waals surface area contributed by atoms with Crippen molar-refractivity contribution in [2.45, 2.75) is 44.0 Å². The summed E-state index contributed by atoms with van der Waals surface area (Å²) in [4.78, 5) is 33.5. The highest BCUT2D eigenvalue weighted by molar-refractivity contribution is 5.95. The van der Waals surface area contributed by atoms with Crippen LogP contribution in [0.4, 0.5) is 24.8 Å². The largest absolute Gasteiger partial charge is 0.389 e. The summed E-state index contributed by atoms with van der Waals surface area (Å²) in [5.41, 5.74) is 3.37. The first-order valence-corrected chi connectivity index (χ1v) is 14.0. The highest BCUT2D eigenvalue weighted by atomic mass is 19.4. The number of amides is 2. The number of benzene rings is 1. The van der Waals surface area contributed by atoms with Crippen molar-refractivity contribution in [2.24, 2.45) is 0 Å². The molecule has 222 valence electrons. The summed E-state index contributed by atoms with van der Waals surface area (Å²) in [5, 5.41) is 11.1. The molecule has 2 saturated heterocycles. The lowest BCUT2D eigenvalue weighted by Crippen LogP contribution is -2.59. The lowest BCUT2D eigenvalue weighted by molar-refractivity contribution is -0.148. The Kier molecular flexibility index (Phi) is 7.39. The molecule has 6 rings (SSSR count). The van der Waals surface area contributed by atoms with Crippen LogP contribution in [-0.4, -0.2) is 93.4 Å². The Bertz CT molecular complexity index is 1520. The Labute approximate surface area is 240 Å². The van der Waals surface area contributed by atoms with Gasteiger partial charge in [0.2, 0.25) is 11.9 Å². The maximum absolute atomic E-state index is 13.3. The average molecular weight is 584 g/mol. The van der Waals surface area contributed by atoms with Gasteiger partial charge in [0, 0.05) is 62.2 Å². The maximum Gasteiger partial charge on any atom is 0.389 e. The van der Waals surface area contributed by atoms with Crippen molar-refractivity contribution >= 4 is 34.7 Å². The Morgan fingerprint density at radius 1 is 1.19 bits per heavy atom. The molecule has 3 aliphatic rings. The third-order valence-electron chi connectivity index (χ3n) is 8.20. The molecule has 0 bridgehead atoms. The van der Waals surface area contributed by atoms with Gasteiger partial charge in [-0.3, -0.25) is 9.59 Å². The number of nitrogens with zero attached hydrogens (tertiary/aromatic N) is 5. The van der Waals surface area contributed by atoms with Gasteiger partial charge in [-0.25, -0.2) is 4.52 Å². The molecule has 0 aliphatic carbocycles. The maximum atomic E-state index is 13.3. The normalized spacial score (nSPS) is 22.7. The molecular formula is C29H32F3N7O3. The van der Waals surface area contributed by atoms with Crippen molar-refractivity contribution in [1.29, 1.82) is 0 Å². The van der Waals surface area contributed by atoms with Crippen molar-refractivity contribution in [3.05, 3.63) is 59.8 Å². The first-order chi connectivity index (χ1) is 20.1. The van der Waals surface area contributed by atoms with Gasteiger partial charge in [0.25, 0.3) is 5.91 Å². The standard InChI is InChI=1S/C29H32F3N7O3/c1-28-18-33-17-23(28)38(15-16-42-28)26(41)20-4-6-21(7-5-20)34-27-35-25-22(3-2-12-39(25)36-27)19-9-13-37(14-10-19)24(40)8-11-29(30,31)32/h2-7,9,12,23,33H,8,10-11,13-18H2,1H3,(H,34,36)/t23-,28+/m0/s1. The van der Waals surface area contributed by atoms with E-state index in [4.69, 9.17) is 4.74 Å². The highest BCUT2D eigenvalue weighted by Crippen LogP contribution is 2.30. The predicted molar refractivity (Wildman–Crippen MR) is 149 cm³/mol. The lowest BCUT2D eigenvalue weighted by Gasteiger charge is -2.43. The van der Waals surface area contributed by atoms with Crippen LogP contribution in [0, 0.1) is 0 Å².